The molecule has 2 N–H and O–H groups in total. The van der Waals surface area contributed by atoms with E-state index in [0.717, 1.165) is 38.0 Å². The maximum absolute atomic E-state index is 10.2. The smallest absolute Gasteiger partial charge is 0.161 e. The second kappa shape index (κ2) is 10.1. The van der Waals surface area contributed by atoms with Gasteiger partial charge in [0.2, 0.25) is 0 Å². The molecule has 0 aromatic heterocycles. The molecule has 1 saturated heterocycles. The molecule has 1 aromatic carbocycles. The van der Waals surface area contributed by atoms with Crippen LogP contribution in [-0.4, -0.2) is 78.7 Å². The van der Waals surface area contributed by atoms with E-state index >= 15 is 0 Å². The first-order valence-electron chi connectivity index (χ1n) is 9.47. The zero-order valence-corrected chi connectivity index (χ0v) is 16.5. The molecule has 0 aliphatic carbocycles. The monoisotopic (exact) mass is 366 g/mol. The van der Waals surface area contributed by atoms with Gasteiger partial charge in [-0.1, -0.05) is 6.07 Å². The summed E-state index contributed by atoms with van der Waals surface area (Å²) in [6.07, 6.45) is 0.964. The van der Waals surface area contributed by atoms with Crippen molar-refractivity contribution in [2.75, 3.05) is 40.4 Å². The van der Waals surface area contributed by atoms with E-state index in [0.29, 0.717) is 24.1 Å². The number of methoxy groups -OCH3 is 1. The van der Waals surface area contributed by atoms with Gasteiger partial charge in [-0.05, 0) is 51.4 Å². The van der Waals surface area contributed by atoms with Crippen molar-refractivity contribution in [1.29, 1.82) is 0 Å². The molecule has 1 aromatic rings. The Bertz CT molecular complexity index is 545. The van der Waals surface area contributed by atoms with Crippen molar-refractivity contribution in [3.8, 4) is 11.5 Å². The number of rotatable bonds is 9. The lowest BCUT2D eigenvalue weighted by Gasteiger charge is -2.29. The Balaban J connectivity index is 1.89. The molecule has 0 spiro atoms. The first-order valence-corrected chi connectivity index (χ1v) is 9.47. The average Bonchev–Trinajstić information content (AvgIpc) is 2.62. The van der Waals surface area contributed by atoms with E-state index in [1.165, 1.54) is 0 Å². The fourth-order valence-electron chi connectivity index (χ4n) is 3.05. The van der Waals surface area contributed by atoms with E-state index in [1.54, 1.807) is 7.11 Å². The van der Waals surface area contributed by atoms with Crippen LogP contribution in [0.15, 0.2) is 18.2 Å². The number of likely N-dealkylation sites (N-methyl/N-ethyl adjacent to an activating group) is 1. The summed E-state index contributed by atoms with van der Waals surface area (Å²) in [5.74, 6) is 1.33. The highest BCUT2D eigenvalue weighted by molar-refractivity contribution is 5.43. The van der Waals surface area contributed by atoms with Gasteiger partial charge in [0.25, 0.3) is 0 Å². The van der Waals surface area contributed by atoms with E-state index in [-0.39, 0.29) is 12.7 Å². The van der Waals surface area contributed by atoms with Gasteiger partial charge >= 0.3 is 0 Å². The summed E-state index contributed by atoms with van der Waals surface area (Å²) >= 11 is 0. The van der Waals surface area contributed by atoms with Crippen LogP contribution in [0.25, 0.3) is 0 Å². The minimum absolute atomic E-state index is 0.155. The third kappa shape index (κ3) is 6.43. The maximum atomic E-state index is 10.2. The summed E-state index contributed by atoms with van der Waals surface area (Å²) < 4.78 is 11.2. The summed E-state index contributed by atoms with van der Waals surface area (Å²) in [5.41, 5.74) is 1.16. The SMILES string of the molecule is COc1cc(CN2CCC(O)CC2)ccc1OCC(O)CN(C)C(C)C. The van der Waals surface area contributed by atoms with E-state index in [4.69, 9.17) is 9.47 Å². The molecular formula is C20H34N2O4. The predicted molar refractivity (Wildman–Crippen MR) is 103 cm³/mol. The summed E-state index contributed by atoms with van der Waals surface area (Å²) in [6.45, 7) is 7.66. The third-order valence-corrected chi connectivity index (χ3v) is 5.00. The van der Waals surface area contributed by atoms with E-state index in [9.17, 15) is 10.2 Å². The summed E-state index contributed by atoms with van der Waals surface area (Å²) in [7, 11) is 3.62. The van der Waals surface area contributed by atoms with Crippen LogP contribution in [0.4, 0.5) is 0 Å². The molecule has 1 fully saturated rings. The zero-order chi connectivity index (χ0) is 19.1. The minimum atomic E-state index is -0.549. The zero-order valence-electron chi connectivity index (χ0n) is 16.5. The number of hydrogen-bond acceptors (Lipinski definition) is 6. The quantitative estimate of drug-likeness (QED) is 0.694. The van der Waals surface area contributed by atoms with E-state index in [1.807, 2.05) is 25.2 Å². The molecule has 0 bridgehead atoms. The Morgan fingerprint density at radius 3 is 2.54 bits per heavy atom. The Hall–Kier alpha value is -1.34. The number of nitrogens with zero attached hydrogens (tertiary/aromatic N) is 2. The van der Waals surface area contributed by atoms with Crippen LogP contribution in [0.5, 0.6) is 11.5 Å². The number of ether oxygens (including phenoxy) is 2. The van der Waals surface area contributed by atoms with Gasteiger partial charge in [-0.15, -0.1) is 0 Å². The molecule has 0 radical (unpaired) electrons. The highest BCUT2D eigenvalue weighted by atomic mass is 16.5. The molecule has 1 aliphatic rings. The molecule has 1 aliphatic heterocycles. The van der Waals surface area contributed by atoms with Crippen molar-refractivity contribution in [3.63, 3.8) is 0 Å². The van der Waals surface area contributed by atoms with Crippen molar-refractivity contribution in [1.82, 2.24) is 9.80 Å². The van der Waals surface area contributed by atoms with Crippen LogP contribution >= 0.6 is 0 Å². The van der Waals surface area contributed by atoms with Gasteiger partial charge in [0.1, 0.15) is 12.7 Å². The molecule has 148 valence electrons. The summed E-state index contributed by atoms with van der Waals surface area (Å²) in [6, 6.07) is 6.32. The molecule has 26 heavy (non-hydrogen) atoms. The lowest BCUT2D eigenvalue weighted by Crippen LogP contribution is -2.37. The fraction of sp³-hybridized carbons (Fsp3) is 0.700. The molecule has 2 rings (SSSR count). The van der Waals surface area contributed by atoms with Gasteiger partial charge in [0.15, 0.2) is 11.5 Å². The molecule has 0 amide bonds. The maximum Gasteiger partial charge on any atom is 0.161 e. The lowest BCUT2D eigenvalue weighted by atomic mass is 10.1. The van der Waals surface area contributed by atoms with Crippen LogP contribution in [0.3, 0.4) is 0 Å². The van der Waals surface area contributed by atoms with Crippen LogP contribution in [-0.2, 0) is 6.54 Å². The highest BCUT2D eigenvalue weighted by Crippen LogP contribution is 2.29. The van der Waals surface area contributed by atoms with Gasteiger partial charge in [0.05, 0.1) is 13.2 Å². The molecular weight excluding hydrogens is 332 g/mol. The number of aliphatic hydroxyl groups excluding tert-OH is 2. The number of benzene rings is 1. The Labute approximate surface area is 157 Å². The van der Waals surface area contributed by atoms with Crippen molar-refractivity contribution < 1.29 is 19.7 Å². The topological polar surface area (TPSA) is 65.4 Å². The number of hydrogen-bond donors (Lipinski definition) is 2. The van der Waals surface area contributed by atoms with Crippen molar-refractivity contribution in [2.45, 2.75) is 51.5 Å². The first-order chi connectivity index (χ1) is 12.4. The van der Waals surface area contributed by atoms with Gasteiger partial charge < -0.3 is 24.6 Å². The second-order valence-electron chi connectivity index (χ2n) is 7.49. The van der Waals surface area contributed by atoms with Gasteiger partial charge in [-0.25, -0.2) is 0 Å². The van der Waals surface area contributed by atoms with Gasteiger partial charge in [-0.2, -0.15) is 0 Å². The summed E-state index contributed by atoms with van der Waals surface area (Å²) in [5, 5.41) is 19.8. The standard InChI is InChI=1S/C20H34N2O4/c1-15(2)21(3)13-18(24)14-26-19-6-5-16(11-20(19)25-4)12-22-9-7-17(23)8-10-22/h5-6,11,15,17-18,23-24H,7-10,12-14H2,1-4H3. The predicted octanol–water partition coefficient (Wildman–Crippen LogP) is 1.73. The third-order valence-electron chi connectivity index (χ3n) is 5.00. The highest BCUT2D eigenvalue weighted by Gasteiger charge is 2.18. The van der Waals surface area contributed by atoms with Crippen LogP contribution in [0.1, 0.15) is 32.3 Å². The molecule has 1 unspecified atom stereocenters. The molecule has 6 heteroatoms. The molecule has 1 atom stereocenters. The summed E-state index contributed by atoms with van der Waals surface area (Å²) in [4.78, 5) is 4.43. The fourth-order valence-corrected chi connectivity index (χ4v) is 3.05. The normalized spacial score (nSPS) is 17.7. The number of piperidine rings is 1. The van der Waals surface area contributed by atoms with Crippen LogP contribution < -0.4 is 9.47 Å². The van der Waals surface area contributed by atoms with Crippen molar-refractivity contribution in [2.24, 2.45) is 0 Å². The average molecular weight is 367 g/mol. The minimum Gasteiger partial charge on any atom is -0.493 e. The van der Waals surface area contributed by atoms with Gasteiger partial charge in [-0.3, -0.25) is 4.90 Å². The van der Waals surface area contributed by atoms with Crippen LogP contribution in [0, 0.1) is 0 Å². The largest absolute Gasteiger partial charge is 0.493 e. The van der Waals surface area contributed by atoms with E-state index < -0.39 is 6.10 Å². The molecule has 6 nitrogen and oxygen atoms in total. The molecule has 1 heterocycles. The van der Waals surface area contributed by atoms with Gasteiger partial charge in [0, 0.05) is 32.2 Å². The van der Waals surface area contributed by atoms with E-state index in [2.05, 4.69) is 23.6 Å². The van der Waals surface area contributed by atoms with Crippen molar-refractivity contribution >= 4 is 0 Å². The first kappa shape index (κ1) is 21.0. The second-order valence-corrected chi connectivity index (χ2v) is 7.49. The number of likely N-dealkylation sites (tertiary alicyclic amines) is 1. The molecule has 0 saturated carbocycles. The van der Waals surface area contributed by atoms with Crippen molar-refractivity contribution in [3.05, 3.63) is 23.8 Å². The van der Waals surface area contributed by atoms with Crippen LogP contribution in [0.2, 0.25) is 0 Å². The Kier molecular flexibility index (Phi) is 8.15. The number of aliphatic hydroxyl groups is 2. The Morgan fingerprint density at radius 1 is 1.23 bits per heavy atom. The lowest BCUT2D eigenvalue weighted by molar-refractivity contribution is 0.0667. The Morgan fingerprint density at radius 2 is 1.92 bits per heavy atom.